The van der Waals surface area contributed by atoms with Gasteiger partial charge in [0, 0.05) is 11.4 Å². The molecule has 2 rings (SSSR count). The van der Waals surface area contributed by atoms with Gasteiger partial charge >= 0.3 is 12.3 Å². The van der Waals surface area contributed by atoms with Gasteiger partial charge in [0.2, 0.25) is 5.91 Å². The second-order valence-corrected chi connectivity index (χ2v) is 5.05. The average molecular weight is 368 g/mol. The molecule has 0 heterocycles. The monoisotopic (exact) mass is 368 g/mol. The fourth-order valence-electron chi connectivity index (χ4n) is 2.00. The van der Waals surface area contributed by atoms with Crippen LogP contribution in [0.3, 0.4) is 0 Å². The first kappa shape index (κ1) is 19.1. The number of methoxy groups -OCH3 is 1. The number of nitrogens with one attached hydrogen (secondary N) is 2. The van der Waals surface area contributed by atoms with E-state index in [4.69, 9.17) is 0 Å². The zero-order valence-electron chi connectivity index (χ0n) is 13.6. The number of amides is 1. The molecule has 0 radical (unpaired) electrons. The molecule has 0 aromatic heterocycles. The maximum absolute atomic E-state index is 12.1. The Labute approximate surface area is 146 Å². The highest BCUT2D eigenvalue weighted by Crippen LogP contribution is 2.23. The van der Waals surface area contributed by atoms with Crippen LogP contribution in [0.2, 0.25) is 0 Å². The number of rotatable bonds is 6. The van der Waals surface area contributed by atoms with Gasteiger partial charge in [-0.25, -0.2) is 4.79 Å². The molecular weight excluding hydrogens is 353 g/mol. The number of hydrogen-bond donors (Lipinski definition) is 2. The predicted octanol–water partition coefficient (Wildman–Crippen LogP) is 3.42. The number of benzene rings is 2. The Balaban J connectivity index is 1.88. The lowest BCUT2D eigenvalue weighted by Gasteiger charge is -2.11. The SMILES string of the molecule is COC(=O)c1cccc(NCC(=O)Nc2ccc(OC(F)(F)F)cc2)c1. The third-order valence-corrected chi connectivity index (χ3v) is 3.11. The summed E-state index contributed by atoms with van der Waals surface area (Å²) in [6, 6.07) is 11.2. The van der Waals surface area contributed by atoms with Crippen LogP contribution in [-0.4, -0.2) is 31.9 Å². The molecule has 2 N–H and O–H groups in total. The Hall–Kier alpha value is -3.23. The van der Waals surface area contributed by atoms with Crippen LogP contribution < -0.4 is 15.4 Å². The Bertz CT molecular complexity index is 776. The van der Waals surface area contributed by atoms with E-state index in [0.717, 1.165) is 12.1 Å². The Morgan fingerprint density at radius 3 is 2.35 bits per heavy atom. The minimum absolute atomic E-state index is 0.106. The molecule has 0 aliphatic rings. The molecule has 0 aliphatic heterocycles. The first-order chi connectivity index (χ1) is 12.3. The highest BCUT2D eigenvalue weighted by molar-refractivity contribution is 5.94. The van der Waals surface area contributed by atoms with E-state index in [1.54, 1.807) is 18.2 Å². The van der Waals surface area contributed by atoms with E-state index in [0.29, 0.717) is 16.9 Å². The summed E-state index contributed by atoms with van der Waals surface area (Å²) >= 11 is 0. The van der Waals surface area contributed by atoms with Gasteiger partial charge in [-0.1, -0.05) is 6.07 Å². The van der Waals surface area contributed by atoms with E-state index < -0.39 is 18.2 Å². The number of esters is 1. The summed E-state index contributed by atoms with van der Waals surface area (Å²) in [6.07, 6.45) is -4.77. The van der Waals surface area contributed by atoms with Crippen molar-refractivity contribution in [1.29, 1.82) is 0 Å². The number of halogens is 3. The number of alkyl halides is 3. The second-order valence-electron chi connectivity index (χ2n) is 5.05. The van der Waals surface area contributed by atoms with Crippen LogP contribution in [0.5, 0.6) is 5.75 Å². The van der Waals surface area contributed by atoms with Gasteiger partial charge in [0.15, 0.2) is 0 Å². The fourth-order valence-corrected chi connectivity index (χ4v) is 2.00. The predicted molar refractivity (Wildman–Crippen MR) is 88.0 cm³/mol. The Morgan fingerprint density at radius 2 is 1.73 bits per heavy atom. The quantitative estimate of drug-likeness (QED) is 0.764. The second kappa shape index (κ2) is 8.24. The molecule has 0 atom stereocenters. The molecule has 0 bridgehead atoms. The Morgan fingerprint density at radius 1 is 1.04 bits per heavy atom. The van der Waals surface area contributed by atoms with Gasteiger partial charge in [-0.2, -0.15) is 0 Å². The molecule has 26 heavy (non-hydrogen) atoms. The van der Waals surface area contributed by atoms with Crippen LogP contribution >= 0.6 is 0 Å². The summed E-state index contributed by atoms with van der Waals surface area (Å²) in [5.74, 6) is -1.30. The lowest BCUT2D eigenvalue weighted by atomic mass is 10.2. The molecule has 0 spiro atoms. The maximum Gasteiger partial charge on any atom is 0.573 e. The number of carbonyl (C=O) groups is 2. The van der Waals surface area contributed by atoms with Crippen molar-refractivity contribution in [3.05, 3.63) is 54.1 Å². The minimum atomic E-state index is -4.77. The van der Waals surface area contributed by atoms with E-state index in [1.807, 2.05) is 0 Å². The summed E-state index contributed by atoms with van der Waals surface area (Å²) in [5, 5.41) is 5.35. The smallest absolute Gasteiger partial charge is 0.465 e. The Kier molecular flexibility index (Phi) is 6.05. The zero-order chi connectivity index (χ0) is 19.2. The molecule has 0 saturated heterocycles. The van der Waals surface area contributed by atoms with Gasteiger partial charge in [-0.05, 0) is 42.5 Å². The highest BCUT2D eigenvalue weighted by Gasteiger charge is 2.30. The van der Waals surface area contributed by atoms with Crippen molar-refractivity contribution in [1.82, 2.24) is 0 Å². The van der Waals surface area contributed by atoms with Crippen molar-refractivity contribution in [2.75, 3.05) is 24.3 Å². The highest BCUT2D eigenvalue weighted by atomic mass is 19.4. The van der Waals surface area contributed by atoms with Crippen LogP contribution in [0, 0.1) is 0 Å². The van der Waals surface area contributed by atoms with Crippen molar-refractivity contribution in [3.8, 4) is 5.75 Å². The molecule has 6 nitrogen and oxygen atoms in total. The number of anilines is 2. The van der Waals surface area contributed by atoms with Gasteiger partial charge in [-0.15, -0.1) is 13.2 Å². The van der Waals surface area contributed by atoms with Gasteiger partial charge < -0.3 is 20.1 Å². The first-order valence-corrected chi connectivity index (χ1v) is 7.35. The normalized spacial score (nSPS) is 10.8. The van der Waals surface area contributed by atoms with Crippen molar-refractivity contribution in [3.63, 3.8) is 0 Å². The molecule has 0 unspecified atom stereocenters. The van der Waals surface area contributed by atoms with Crippen molar-refractivity contribution < 1.29 is 32.2 Å². The van der Waals surface area contributed by atoms with Crippen LogP contribution in [0.25, 0.3) is 0 Å². The van der Waals surface area contributed by atoms with E-state index >= 15 is 0 Å². The summed E-state index contributed by atoms with van der Waals surface area (Å²) in [5.41, 5.74) is 1.18. The summed E-state index contributed by atoms with van der Waals surface area (Å²) in [4.78, 5) is 23.3. The van der Waals surface area contributed by atoms with E-state index in [9.17, 15) is 22.8 Å². The maximum atomic E-state index is 12.1. The van der Waals surface area contributed by atoms with E-state index in [1.165, 1.54) is 25.3 Å². The molecule has 0 aliphatic carbocycles. The van der Waals surface area contributed by atoms with Gasteiger partial charge in [0.1, 0.15) is 5.75 Å². The topological polar surface area (TPSA) is 76.7 Å². The van der Waals surface area contributed by atoms with Gasteiger partial charge in [0.25, 0.3) is 0 Å². The largest absolute Gasteiger partial charge is 0.573 e. The number of hydrogen-bond acceptors (Lipinski definition) is 5. The standard InChI is InChI=1S/C17H15F3N2O4/c1-25-16(24)11-3-2-4-13(9-11)21-10-15(23)22-12-5-7-14(8-6-12)26-17(18,19)20/h2-9,21H,10H2,1H3,(H,22,23). The third kappa shape index (κ3) is 6.00. The minimum Gasteiger partial charge on any atom is -0.465 e. The molecule has 2 aromatic rings. The van der Waals surface area contributed by atoms with Crippen molar-refractivity contribution in [2.45, 2.75) is 6.36 Å². The molecule has 2 aromatic carbocycles. The van der Waals surface area contributed by atoms with Gasteiger partial charge in [-0.3, -0.25) is 4.79 Å². The van der Waals surface area contributed by atoms with Crippen LogP contribution in [0.1, 0.15) is 10.4 Å². The fraction of sp³-hybridized carbons (Fsp3) is 0.176. The third-order valence-electron chi connectivity index (χ3n) is 3.11. The zero-order valence-corrected chi connectivity index (χ0v) is 13.6. The molecule has 138 valence electrons. The van der Waals surface area contributed by atoms with Crippen LogP contribution in [-0.2, 0) is 9.53 Å². The first-order valence-electron chi connectivity index (χ1n) is 7.35. The lowest BCUT2D eigenvalue weighted by Crippen LogP contribution is -2.22. The molecular formula is C17H15F3N2O4. The molecule has 9 heteroatoms. The van der Waals surface area contributed by atoms with Crippen LogP contribution in [0.4, 0.5) is 24.5 Å². The average Bonchev–Trinajstić information content (AvgIpc) is 2.60. The van der Waals surface area contributed by atoms with Crippen molar-refractivity contribution >= 4 is 23.3 Å². The number of ether oxygens (including phenoxy) is 2. The number of carbonyl (C=O) groups excluding carboxylic acids is 2. The van der Waals surface area contributed by atoms with Crippen molar-refractivity contribution in [2.24, 2.45) is 0 Å². The van der Waals surface area contributed by atoms with E-state index in [2.05, 4.69) is 20.1 Å². The summed E-state index contributed by atoms with van der Waals surface area (Å²) in [6.45, 7) is -0.106. The summed E-state index contributed by atoms with van der Waals surface area (Å²) < 4.78 is 44.6. The summed E-state index contributed by atoms with van der Waals surface area (Å²) in [7, 11) is 1.26. The molecule has 1 amide bonds. The van der Waals surface area contributed by atoms with E-state index in [-0.39, 0.29) is 12.3 Å². The lowest BCUT2D eigenvalue weighted by molar-refractivity contribution is -0.274. The van der Waals surface area contributed by atoms with Crippen LogP contribution in [0.15, 0.2) is 48.5 Å². The molecule has 0 saturated carbocycles. The molecule has 0 fully saturated rings. The van der Waals surface area contributed by atoms with Gasteiger partial charge in [0.05, 0.1) is 19.2 Å².